The van der Waals surface area contributed by atoms with Gasteiger partial charge in [-0.1, -0.05) is 25.1 Å². The van der Waals surface area contributed by atoms with Gasteiger partial charge in [0, 0.05) is 29.1 Å². The number of aromatic nitrogens is 1. The van der Waals surface area contributed by atoms with Gasteiger partial charge in [0.25, 0.3) is 0 Å². The van der Waals surface area contributed by atoms with Crippen molar-refractivity contribution in [1.82, 2.24) is 10.3 Å². The van der Waals surface area contributed by atoms with Gasteiger partial charge in [-0.25, -0.2) is 0 Å². The first-order valence-electron chi connectivity index (χ1n) is 6.44. The molecule has 0 aliphatic heterocycles. The van der Waals surface area contributed by atoms with E-state index in [0.717, 1.165) is 24.4 Å². The molecule has 0 fully saturated rings. The van der Waals surface area contributed by atoms with Gasteiger partial charge in [0.05, 0.1) is 5.69 Å². The Hall–Kier alpha value is -1.22. The topological polar surface area (TPSA) is 24.9 Å². The van der Waals surface area contributed by atoms with Gasteiger partial charge in [-0.05, 0) is 32.4 Å². The van der Waals surface area contributed by atoms with E-state index in [1.165, 1.54) is 10.6 Å². The molecule has 0 radical (unpaired) electrons. The van der Waals surface area contributed by atoms with E-state index in [1.807, 2.05) is 30.1 Å². The molecule has 0 atom stereocenters. The second-order valence-electron chi connectivity index (χ2n) is 3.84. The Morgan fingerprint density at radius 2 is 2.22 bits per heavy atom. The van der Waals surface area contributed by atoms with Crippen LogP contribution in [0.4, 0.5) is 0 Å². The number of nitrogens with one attached hydrogen (secondary N) is 1. The SMILES string of the molecule is C/C=C\C(SCc1ccccn1)=C(/CC)NCC. The lowest BCUT2D eigenvalue weighted by Crippen LogP contribution is -2.12. The van der Waals surface area contributed by atoms with Gasteiger partial charge >= 0.3 is 0 Å². The van der Waals surface area contributed by atoms with Crippen LogP contribution in [0.15, 0.2) is 47.2 Å². The van der Waals surface area contributed by atoms with E-state index >= 15 is 0 Å². The number of rotatable bonds is 7. The van der Waals surface area contributed by atoms with Crippen LogP contribution in [0.25, 0.3) is 0 Å². The Bertz CT molecular complexity index is 396. The quantitative estimate of drug-likeness (QED) is 0.748. The van der Waals surface area contributed by atoms with E-state index < -0.39 is 0 Å². The van der Waals surface area contributed by atoms with Crippen molar-refractivity contribution in [1.29, 1.82) is 0 Å². The predicted octanol–water partition coefficient (Wildman–Crippen LogP) is 4.12. The molecule has 0 saturated heterocycles. The minimum Gasteiger partial charge on any atom is -0.388 e. The van der Waals surface area contributed by atoms with Crippen molar-refractivity contribution in [2.75, 3.05) is 6.54 Å². The summed E-state index contributed by atoms with van der Waals surface area (Å²) in [5.41, 5.74) is 2.44. The van der Waals surface area contributed by atoms with Gasteiger partial charge in [-0.2, -0.15) is 0 Å². The zero-order valence-corrected chi connectivity index (χ0v) is 12.3. The lowest BCUT2D eigenvalue weighted by molar-refractivity contribution is 0.804. The van der Waals surface area contributed by atoms with E-state index in [2.05, 4.69) is 49.3 Å². The minimum absolute atomic E-state index is 0.912. The molecule has 0 unspecified atom stereocenters. The molecule has 98 valence electrons. The van der Waals surface area contributed by atoms with Crippen LogP contribution in [0.2, 0.25) is 0 Å². The van der Waals surface area contributed by atoms with E-state index in [0.29, 0.717) is 0 Å². The molecule has 1 heterocycles. The largest absolute Gasteiger partial charge is 0.388 e. The maximum absolute atomic E-state index is 4.35. The molecule has 0 saturated carbocycles. The molecule has 1 aromatic heterocycles. The van der Waals surface area contributed by atoms with Crippen LogP contribution < -0.4 is 5.32 Å². The van der Waals surface area contributed by atoms with Gasteiger partial charge in [0.15, 0.2) is 0 Å². The van der Waals surface area contributed by atoms with Gasteiger partial charge in [-0.15, -0.1) is 11.8 Å². The summed E-state index contributed by atoms with van der Waals surface area (Å²) in [5, 5.41) is 3.44. The lowest BCUT2D eigenvalue weighted by Gasteiger charge is -2.12. The molecular weight excluding hydrogens is 240 g/mol. The van der Waals surface area contributed by atoms with Gasteiger partial charge in [0.2, 0.25) is 0 Å². The third kappa shape index (κ3) is 4.96. The van der Waals surface area contributed by atoms with Crippen LogP contribution in [-0.4, -0.2) is 11.5 Å². The fourth-order valence-electron chi connectivity index (χ4n) is 1.62. The highest BCUT2D eigenvalue weighted by Gasteiger charge is 2.03. The highest BCUT2D eigenvalue weighted by Crippen LogP contribution is 2.25. The third-order valence-corrected chi connectivity index (χ3v) is 3.59. The number of allylic oxidation sites excluding steroid dienone is 3. The first-order valence-corrected chi connectivity index (χ1v) is 7.42. The third-order valence-electron chi connectivity index (χ3n) is 2.46. The summed E-state index contributed by atoms with van der Waals surface area (Å²) in [4.78, 5) is 5.67. The molecule has 1 N–H and O–H groups in total. The van der Waals surface area contributed by atoms with Crippen molar-refractivity contribution in [2.24, 2.45) is 0 Å². The molecule has 1 rings (SSSR count). The Morgan fingerprint density at radius 3 is 2.78 bits per heavy atom. The second-order valence-corrected chi connectivity index (χ2v) is 4.85. The second kappa shape index (κ2) is 8.81. The number of pyridine rings is 1. The van der Waals surface area contributed by atoms with Gasteiger partial charge < -0.3 is 5.32 Å². The molecule has 0 aliphatic carbocycles. The van der Waals surface area contributed by atoms with Crippen LogP contribution in [-0.2, 0) is 5.75 Å². The zero-order valence-electron chi connectivity index (χ0n) is 11.4. The molecule has 3 heteroatoms. The highest BCUT2D eigenvalue weighted by molar-refractivity contribution is 8.02. The molecule has 0 aliphatic rings. The molecule has 18 heavy (non-hydrogen) atoms. The fraction of sp³-hybridized carbons (Fsp3) is 0.400. The number of hydrogen-bond acceptors (Lipinski definition) is 3. The summed E-state index contributed by atoms with van der Waals surface area (Å²) in [6.07, 6.45) is 7.14. The summed E-state index contributed by atoms with van der Waals surface area (Å²) < 4.78 is 0. The maximum Gasteiger partial charge on any atom is 0.0506 e. The number of thioether (sulfide) groups is 1. The smallest absolute Gasteiger partial charge is 0.0506 e. The van der Waals surface area contributed by atoms with E-state index in [9.17, 15) is 0 Å². The molecule has 0 spiro atoms. The van der Waals surface area contributed by atoms with Crippen LogP contribution >= 0.6 is 11.8 Å². The molecule has 0 amide bonds. The average molecular weight is 262 g/mol. The van der Waals surface area contributed by atoms with Crippen LogP contribution in [0.3, 0.4) is 0 Å². The molecular formula is C15H22N2S. The summed E-state index contributed by atoms with van der Waals surface area (Å²) in [7, 11) is 0. The van der Waals surface area contributed by atoms with Gasteiger partial charge in [-0.3, -0.25) is 4.98 Å². The van der Waals surface area contributed by atoms with Crippen molar-refractivity contribution >= 4 is 11.8 Å². The first kappa shape index (κ1) is 14.8. The minimum atomic E-state index is 0.912. The Balaban J connectivity index is 2.74. The normalized spacial score (nSPS) is 12.6. The molecule has 0 aromatic carbocycles. The maximum atomic E-state index is 4.35. The summed E-state index contributed by atoms with van der Waals surface area (Å²) in [5.74, 6) is 0.912. The standard InChI is InChI=1S/C15H22N2S/c1-4-9-15(14(5-2)16-6-3)18-12-13-10-7-8-11-17-13/h4,7-11,16H,5-6,12H2,1-3H3/b9-4-,15-14-. The van der Waals surface area contributed by atoms with E-state index in [-0.39, 0.29) is 0 Å². The fourth-order valence-corrected chi connectivity index (χ4v) is 2.72. The summed E-state index contributed by atoms with van der Waals surface area (Å²) >= 11 is 1.84. The lowest BCUT2D eigenvalue weighted by atomic mass is 10.3. The van der Waals surface area contributed by atoms with Crippen molar-refractivity contribution in [3.63, 3.8) is 0 Å². The van der Waals surface area contributed by atoms with Crippen molar-refractivity contribution in [3.8, 4) is 0 Å². The zero-order chi connectivity index (χ0) is 13.2. The van der Waals surface area contributed by atoms with Crippen LogP contribution in [0, 0.1) is 0 Å². The highest BCUT2D eigenvalue weighted by atomic mass is 32.2. The monoisotopic (exact) mass is 262 g/mol. The van der Waals surface area contributed by atoms with Crippen LogP contribution in [0.1, 0.15) is 32.9 Å². The Labute approximate surface area is 115 Å². The Morgan fingerprint density at radius 1 is 1.39 bits per heavy atom. The Kier molecular flexibility index (Phi) is 7.26. The number of hydrogen-bond donors (Lipinski definition) is 1. The predicted molar refractivity (Wildman–Crippen MR) is 81.3 cm³/mol. The van der Waals surface area contributed by atoms with Crippen molar-refractivity contribution in [3.05, 3.63) is 52.8 Å². The van der Waals surface area contributed by atoms with Crippen molar-refractivity contribution in [2.45, 2.75) is 32.9 Å². The molecule has 0 bridgehead atoms. The summed E-state index contributed by atoms with van der Waals surface area (Å²) in [6.45, 7) is 7.34. The average Bonchev–Trinajstić information content (AvgIpc) is 2.42. The van der Waals surface area contributed by atoms with E-state index in [4.69, 9.17) is 0 Å². The van der Waals surface area contributed by atoms with E-state index in [1.54, 1.807) is 0 Å². The summed E-state index contributed by atoms with van der Waals surface area (Å²) in [6, 6.07) is 6.05. The van der Waals surface area contributed by atoms with Crippen molar-refractivity contribution < 1.29 is 0 Å². The number of nitrogens with zero attached hydrogens (tertiary/aromatic N) is 1. The van der Waals surface area contributed by atoms with Crippen LogP contribution in [0.5, 0.6) is 0 Å². The molecule has 1 aromatic rings. The molecule has 2 nitrogen and oxygen atoms in total. The van der Waals surface area contributed by atoms with Gasteiger partial charge in [0.1, 0.15) is 0 Å². The first-order chi connectivity index (χ1) is 8.81.